The Hall–Kier alpha value is -2.16. The van der Waals surface area contributed by atoms with Crippen molar-refractivity contribution in [3.8, 4) is 0 Å². The second kappa shape index (κ2) is 6.30. The van der Waals surface area contributed by atoms with Crippen molar-refractivity contribution in [3.05, 3.63) is 83.9 Å². The molecule has 0 spiro atoms. The van der Waals surface area contributed by atoms with E-state index >= 15 is 0 Å². The van der Waals surface area contributed by atoms with Gasteiger partial charge in [0.25, 0.3) is 0 Å². The van der Waals surface area contributed by atoms with Crippen LogP contribution in [0.5, 0.6) is 0 Å². The van der Waals surface area contributed by atoms with Crippen molar-refractivity contribution in [2.75, 3.05) is 6.54 Å². The lowest BCUT2D eigenvalue weighted by Crippen LogP contribution is -2.45. The zero-order chi connectivity index (χ0) is 15.4. The van der Waals surface area contributed by atoms with Gasteiger partial charge in [-0.3, -0.25) is 0 Å². The number of hydrogen-bond donors (Lipinski definition) is 2. The van der Waals surface area contributed by atoms with Crippen LogP contribution in [0.15, 0.2) is 72.8 Å². The first-order valence-corrected chi connectivity index (χ1v) is 7.70. The highest BCUT2D eigenvalue weighted by Gasteiger charge is 2.25. The first-order chi connectivity index (χ1) is 10.7. The molecular weight excluding hydrogens is 268 g/mol. The molecular formula is C20H22N2. The van der Waals surface area contributed by atoms with Gasteiger partial charge in [-0.15, -0.1) is 0 Å². The summed E-state index contributed by atoms with van der Waals surface area (Å²) in [6.45, 7) is 3.53. The van der Waals surface area contributed by atoms with Gasteiger partial charge in [0.15, 0.2) is 0 Å². The van der Waals surface area contributed by atoms with Crippen LogP contribution in [-0.4, -0.2) is 6.54 Å². The van der Waals surface area contributed by atoms with Gasteiger partial charge < -0.3 is 11.1 Å². The van der Waals surface area contributed by atoms with Crippen molar-refractivity contribution in [3.63, 3.8) is 0 Å². The summed E-state index contributed by atoms with van der Waals surface area (Å²) in [6.07, 6.45) is 0. The van der Waals surface area contributed by atoms with Crippen molar-refractivity contribution in [1.82, 2.24) is 5.32 Å². The monoisotopic (exact) mass is 290 g/mol. The largest absolute Gasteiger partial charge is 0.328 e. The van der Waals surface area contributed by atoms with Crippen molar-refractivity contribution in [1.29, 1.82) is 0 Å². The van der Waals surface area contributed by atoms with E-state index in [-0.39, 0.29) is 5.54 Å². The number of rotatable bonds is 5. The maximum absolute atomic E-state index is 6.13. The van der Waals surface area contributed by atoms with Gasteiger partial charge in [-0.1, -0.05) is 72.8 Å². The number of hydrogen-bond acceptors (Lipinski definition) is 2. The molecule has 0 amide bonds. The van der Waals surface area contributed by atoms with Gasteiger partial charge in [-0.2, -0.15) is 0 Å². The highest BCUT2D eigenvalue weighted by molar-refractivity contribution is 5.86. The van der Waals surface area contributed by atoms with Gasteiger partial charge in [-0.05, 0) is 28.8 Å². The first kappa shape index (κ1) is 14.8. The van der Waals surface area contributed by atoms with Crippen LogP contribution in [-0.2, 0) is 12.1 Å². The van der Waals surface area contributed by atoms with E-state index in [0.29, 0.717) is 6.54 Å². The molecule has 0 fully saturated rings. The third kappa shape index (κ3) is 2.89. The van der Waals surface area contributed by atoms with E-state index in [2.05, 4.69) is 79.0 Å². The molecule has 0 radical (unpaired) electrons. The smallest absolute Gasteiger partial charge is 0.0538 e. The van der Waals surface area contributed by atoms with E-state index in [4.69, 9.17) is 5.73 Å². The van der Waals surface area contributed by atoms with Crippen LogP contribution in [0.1, 0.15) is 18.1 Å². The molecule has 1 atom stereocenters. The number of benzene rings is 3. The fraction of sp³-hybridized carbons (Fsp3) is 0.200. The summed E-state index contributed by atoms with van der Waals surface area (Å²) < 4.78 is 0. The third-order valence-corrected chi connectivity index (χ3v) is 4.32. The molecule has 3 N–H and O–H groups in total. The maximum Gasteiger partial charge on any atom is 0.0538 e. The fourth-order valence-corrected chi connectivity index (χ4v) is 2.88. The van der Waals surface area contributed by atoms with E-state index in [1.165, 1.54) is 21.9 Å². The summed E-state index contributed by atoms with van der Waals surface area (Å²) >= 11 is 0. The zero-order valence-corrected chi connectivity index (χ0v) is 12.9. The van der Waals surface area contributed by atoms with Gasteiger partial charge in [0.1, 0.15) is 0 Å². The molecule has 0 saturated carbocycles. The number of nitrogens with two attached hydrogens (primary N) is 1. The topological polar surface area (TPSA) is 38.0 Å². The van der Waals surface area contributed by atoms with Gasteiger partial charge >= 0.3 is 0 Å². The number of nitrogens with one attached hydrogen (secondary N) is 1. The normalized spacial score (nSPS) is 13.9. The first-order valence-electron chi connectivity index (χ1n) is 7.70. The minimum Gasteiger partial charge on any atom is -0.328 e. The molecule has 0 aliphatic carbocycles. The maximum atomic E-state index is 6.13. The number of fused-ring (bicyclic) bond motifs is 1. The lowest BCUT2D eigenvalue weighted by atomic mass is 9.87. The van der Waals surface area contributed by atoms with Crippen LogP contribution in [0.25, 0.3) is 10.8 Å². The molecule has 0 bridgehead atoms. The molecule has 0 saturated heterocycles. The summed E-state index contributed by atoms with van der Waals surface area (Å²) in [4.78, 5) is 0. The lowest BCUT2D eigenvalue weighted by molar-refractivity contribution is 0.377. The van der Waals surface area contributed by atoms with E-state index in [0.717, 1.165) is 6.54 Å². The standard InChI is InChI=1S/C20H22N2/c1-20(15-21,22-14-16-8-3-2-4-9-16)19-13-7-11-17-10-5-6-12-18(17)19/h2-13,22H,14-15,21H2,1H3. The SMILES string of the molecule is CC(CN)(NCc1ccccc1)c1cccc2ccccc12. The predicted molar refractivity (Wildman–Crippen MR) is 93.6 cm³/mol. The summed E-state index contributed by atoms with van der Waals surface area (Å²) in [5.41, 5.74) is 8.40. The molecule has 2 nitrogen and oxygen atoms in total. The van der Waals surface area contributed by atoms with Gasteiger partial charge in [0.2, 0.25) is 0 Å². The predicted octanol–water partition coefficient (Wildman–Crippen LogP) is 3.80. The molecule has 0 aliphatic rings. The highest BCUT2D eigenvalue weighted by atomic mass is 15.0. The minimum absolute atomic E-state index is 0.253. The molecule has 3 rings (SSSR count). The Labute approximate surface area is 132 Å². The van der Waals surface area contributed by atoms with Crippen molar-refractivity contribution < 1.29 is 0 Å². The second-order valence-corrected chi connectivity index (χ2v) is 5.90. The van der Waals surface area contributed by atoms with E-state index in [1.807, 2.05) is 6.07 Å². The van der Waals surface area contributed by atoms with Crippen LogP contribution in [0, 0.1) is 0 Å². The quantitative estimate of drug-likeness (QED) is 0.750. The summed E-state index contributed by atoms with van der Waals surface area (Å²) in [5.74, 6) is 0. The molecule has 1 unspecified atom stereocenters. The average molecular weight is 290 g/mol. The van der Waals surface area contributed by atoms with E-state index < -0.39 is 0 Å². The molecule has 3 aromatic carbocycles. The van der Waals surface area contributed by atoms with Gasteiger partial charge in [0.05, 0.1) is 5.54 Å². The third-order valence-electron chi connectivity index (χ3n) is 4.32. The Bertz CT molecular complexity index is 747. The molecule has 0 aromatic heterocycles. The molecule has 0 heterocycles. The zero-order valence-electron chi connectivity index (χ0n) is 12.9. The molecule has 0 aliphatic heterocycles. The Balaban J connectivity index is 1.94. The molecule has 3 aromatic rings. The molecule has 22 heavy (non-hydrogen) atoms. The molecule has 2 heteroatoms. The summed E-state index contributed by atoms with van der Waals surface area (Å²) in [6, 6.07) is 25.3. The van der Waals surface area contributed by atoms with Gasteiger partial charge in [0, 0.05) is 13.1 Å². The highest BCUT2D eigenvalue weighted by Crippen LogP contribution is 2.28. The Morgan fingerprint density at radius 3 is 2.32 bits per heavy atom. The van der Waals surface area contributed by atoms with E-state index in [9.17, 15) is 0 Å². The average Bonchev–Trinajstić information content (AvgIpc) is 2.60. The van der Waals surface area contributed by atoms with Crippen LogP contribution < -0.4 is 11.1 Å². The van der Waals surface area contributed by atoms with Crippen molar-refractivity contribution >= 4 is 10.8 Å². The van der Waals surface area contributed by atoms with Crippen LogP contribution in [0.3, 0.4) is 0 Å². The Kier molecular flexibility index (Phi) is 4.23. The fourth-order valence-electron chi connectivity index (χ4n) is 2.88. The van der Waals surface area contributed by atoms with Crippen molar-refractivity contribution in [2.45, 2.75) is 19.0 Å². The Morgan fingerprint density at radius 2 is 1.55 bits per heavy atom. The lowest BCUT2D eigenvalue weighted by Gasteiger charge is -2.31. The van der Waals surface area contributed by atoms with Gasteiger partial charge in [-0.25, -0.2) is 0 Å². The van der Waals surface area contributed by atoms with Crippen LogP contribution in [0.4, 0.5) is 0 Å². The van der Waals surface area contributed by atoms with Crippen LogP contribution in [0.2, 0.25) is 0 Å². The summed E-state index contributed by atoms with van der Waals surface area (Å²) in [5, 5.41) is 6.16. The van der Waals surface area contributed by atoms with Crippen molar-refractivity contribution in [2.24, 2.45) is 5.73 Å². The second-order valence-electron chi connectivity index (χ2n) is 5.90. The summed E-state index contributed by atoms with van der Waals surface area (Å²) in [7, 11) is 0. The molecule has 112 valence electrons. The minimum atomic E-state index is -0.253. The Morgan fingerprint density at radius 1 is 0.864 bits per heavy atom. The van der Waals surface area contributed by atoms with E-state index in [1.54, 1.807) is 0 Å². The van der Waals surface area contributed by atoms with Crippen LogP contribution >= 0.6 is 0 Å².